The summed E-state index contributed by atoms with van der Waals surface area (Å²) in [4.78, 5) is 0. The van der Waals surface area contributed by atoms with Gasteiger partial charge >= 0.3 is 0 Å². The van der Waals surface area contributed by atoms with Crippen molar-refractivity contribution >= 4 is 0 Å². The summed E-state index contributed by atoms with van der Waals surface area (Å²) in [7, 11) is 3.77. The fraction of sp³-hybridized carbons (Fsp3) is 0.400. The Kier molecular flexibility index (Phi) is 3.39. The number of benzene rings is 1. The molecular formula is C10H15FN2. The summed E-state index contributed by atoms with van der Waals surface area (Å²) in [5.41, 5.74) is 3.78. The maximum absolute atomic E-state index is 13.2. The normalized spacial score (nSPS) is 13.3. The first-order chi connectivity index (χ1) is 6.11. The molecule has 0 saturated carbocycles. The highest BCUT2D eigenvalue weighted by atomic mass is 19.1. The highest BCUT2D eigenvalue weighted by Gasteiger charge is 2.09. The maximum atomic E-state index is 13.2. The van der Waals surface area contributed by atoms with E-state index in [1.807, 2.05) is 32.1 Å². The predicted molar refractivity (Wildman–Crippen MR) is 51.6 cm³/mol. The molecule has 1 aromatic carbocycles. The van der Waals surface area contributed by atoms with Crippen molar-refractivity contribution in [2.75, 3.05) is 14.1 Å². The third kappa shape index (κ3) is 2.79. The van der Waals surface area contributed by atoms with Crippen molar-refractivity contribution < 1.29 is 4.39 Å². The van der Waals surface area contributed by atoms with E-state index in [1.165, 1.54) is 6.07 Å². The van der Waals surface area contributed by atoms with Gasteiger partial charge in [0.15, 0.2) is 0 Å². The Morgan fingerprint density at radius 2 is 1.92 bits per heavy atom. The highest BCUT2D eigenvalue weighted by molar-refractivity contribution is 5.20. The van der Waals surface area contributed by atoms with Crippen LogP contribution >= 0.6 is 0 Å². The minimum absolute atomic E-state index is 0.00352. The zero-order chi connectivity index (χ0) is 9.84. The number of hydrazine groups is 1. The van der Waals surface area contributed by atoms with E-state index in [1.54, 1.807) is 12.1 Å². The maximum Gasteiger partial charge on any atom is 0.128 e. The Labute approximate surface area is 78.3 Å². The Hall–Kier alpha value is -0.930. The molecule has 3 heteroatoms. The molecule has 0 amide bonds. The van der Waals surface area contributed by atoms with Crippen molar-refractivity contribution in [3.63, 3.8) is 0 Å². The van der Waals surface area contributed by atoms with E-state index in [4.69, 9.17) is 0 Å². The quantitative estimate of drug-likeness (QED) is 0.719. The molecule has 0 spiro atoms. The largest absolute Gasteiger partial charge is 0.250 e. The van der Waals surface area contributed by atoms with Gasteiger partial charge in [-0.2, -0.15) is 0 Å². The van der Waals surface area contributed by atoms with E-state index in [2.05, 4.69) is 5.43 Å². The van der Waals surface area contributed by atoms with E-state index in [0.29, 0.717) is 5.56 Å². The van der Waals surface area contributed by atoms with Crippen LogP contribution in [0.5, 0.6) is 0 Å². The van der Waals surface area contributed by atoms with Crippen LogP contribution < -0.4 is 5.43 Å². The van der Waals surface area contributed by atoms with Gasteiger partial charge in [-0.05, 0) is 13.0 Å². The third-order valence-corrected chi connectivity index (χ3v) is 1.82. The standard InChI is InChI=1S/C10H15FN2/c1-8(12-13(2)3)9-6-4-5-7-10(9)11/h4-8,12H,1-3H3. The van der Waals surface area contributed by atoms with E-state index in [9.17, 15) is 4.39 Å². The van der Waals surface area contributed by atoms with Crippen molar-refractivity contribution in [2.24, 2.45) is 0 Å². The highest BCUT2D eigenvalue weighted by Crippen LogP contribution is 2.15. The van der Waals surface area contributed by atoms with E-state index in [-0.39, 0.29) is 11.9 Å². The van der Waals surface area contributed by atoms with Gasteiger partial charge in [-0.3, -0.25) is 5.01 Å². The van der Waals surface area contributed by atoms with Gasteiger partial charge in [-0.1, -0.05) is 18.2 Å². The Morgan fingerprint density at radius 3 is 2.46 bits per heavy atom. The molecule has 0 radical (unpaired) electrons. The van der Waals surface area contributed by atoms with Crippen LogP contribution in [0.15, 0.2) is 24.3 Å². The van der Waals surface area contributed by atoms with Crippen molar-refractivity contribution in [1.82, 2.24) is 10.4 Å². The zero-order valence-corrected chi connectivity index (χ0v) is 8.21. The van der Waals surface area contributed by atoms with Crippen molar-refractivity contribution in [1.29, 1.82) is 0 Å². The topological polar surface area (TPSA) is 15.3 Å². The molecule has 0 aromatic heterocycles. The summed E-state index contributed by atoms with van der Waals surface area (Å²) in [5.74, 6) is -0.163. The number of hydrogen-bond acceptors (Lipinski definition) is 2. The second kappa shape index (κ2) is 4.35. The minimum Gasteiger partial charge on any atom is -0.250 e. The monoisotopic (exact) mass is 182 g/mol. The number of halogens is 1. The molecule has 72 valence electrons. The summed E-state index contributed by atoms with van der Waals surface area (Å²) in [6, 6.07) is 6.80. The number of nitrogens with one attached hydrogen (secondary N) is 1. The summed E-state index contributed by atoms with van der Waals surface area (Å²) in [5, 5.41) is 1.82. The van der Waals surface area contributed by atoms with E-state index >= 15 is 0 Å². The number of rotatable bonds is 3. The van der Waals surface area contributed by atoms with Crippen LogP contribution in [0.25, 0.3) is 0 Å². The predicted octanol–water partition coefficient (Wildman–Crippen LogP) is 1.95. The molecule has 2 nitrogen and oxygen atoms in total. The van der Waals surface area contributed by atoms with Gasteiger partial charge in [-0.15, -0.1) is 0 Å². The van der Waals surface area contributed by atoms with Crippen LogP contribution in [-0.4, -0.2) is 19.1 Å². The minimum atomic E-state index is -0.163. The molecule has 13 heavy (non-hydrogen) atoms. The average Bonchev–Trinajstić information content (AvgIpc) is 2.03. The molecular weight excluding hydrogens is 167 g/mol. The van der Waals surface area contributed by atoms with Crippen LogP contribution in [0.2, 0.25) is 0 Å². The summed E-state index contributed by atoms with van der Waals surface area (Å²) >= 11 is 0. The molecule has 0 heterocycles. The molecule has 1 N–H and O–H groups in total. The SMILES string of the molecule is CC(NN(C)C)c1ccccc1F. The van der Waals surface area contributed by atoms with Crippen molar-refractivity contribution in [2.45, 2.75) is 13.0 Å². The van der Waals surface area contributed by atoms with Crippen LogP contribution in [0, 0.1) is 5.82 Å². The number of hydrogen-bond donors (Lipinski definition) is 1. The Balaban J connectivity index is 2.76. The summed E-state index contributed by atoms with van der Waals surface area (Å²) in [6.07, 6.45) is 0. The van der Waals surface area contributed by atoms with E-state index < -0.39 is 0 Å². The molecule has 1 rings (SSSR count). The van der Waals surface area contributed by atoms with Gasteiger partial charge in [0.2, 0.25) is 0 Å². The molecule has 0 saturated heterocycles. The first-order valence-electron chi connectivity index (χ1n) is 4.29. The van der Waals surface area contributed by atoms with Gasteiger partial charge in [0.05, 0.1) is 0 Å². The van der Waals surface area contributed by atoms with Crippen molar-refractivity contribution in [3.8, 4) is 0 Å². The molecule has 0 aliphatic carbocycles. The lowest BCUT2D eigenvalue weighted by molar-refractivity contribution is 0.249. The first kappa shape index (κ1) is 10.2. The van der Waals surface area contributed by atoms with Crippen molar-refractivity contribution in [3.05, 3.63) is 35.6 Å². The smallest absolute Gasteiger partial charge is 0.128 e. The molecule has 1 unspecified atom stereocenters. The molecule has 1 atom stereocenters. The van der Waals surface area contributed by atoms with Gasteiger partial charge in [-0.25, -0.2) is 9.82 Å². The van der Waals surface area contributed by atoms with Gasteiger partial charge in [0.1, 0.15) is 5.82 Å². The molecule has 1 aromatic rings. The first-order valence-corrected chi connectivity index (χ1v) is 4.29. The van der Waals surface area contributed by atoms with Crippen LogP contribution in [0.3, 0.4) is 0 Å². The lowest BCUT2D eigenvalue weighted by atomic mass is 10.1. The van der Waals surface area contributed by atoms with Gasteiger partial charge in [0.25, 0.3) is 0 Å². The van der Waals surface area contributed by atoms with Crippen LogP contribution in [-0.2, 0) is 0 Å². The summed E-state index contributed by atoms with van der Waals surface area (Å²) in [6.45, 7) is 1.93. The Morgan fingerprint density at radius 1 is 1.31 bits per heavy atom. The average molecular weight is 182 g/mol. The van der Waals surface area contributed by atoms with Gasteiger partial charge in [0, 0.05) is 25.7 Å². The van der Waals surface area contributed by atoms with Crippen LogP contribution in [0.1, 0.15) is 18.5 Å². The van der Waals surface area contributed by atoms with Crippen LogP contribution in [0.4, 0.5) is 4.39 Å². The second-order valence-electron chi connectivity index (χ2n) is 3.27. The van der Waals surface area contributed by atoms with E-state index in [0.717, 1.165) is 0 Å². The fourth-order valence-electron chi connectivity index (χ4n) is 1.28. The fourth-order valence-corrected chi connectivity index (χ4v) is 1.28. The zero-order valence-electron chi connectivity index (χ0n) is 8.21. The molecule has 0 bridgehead atoms. The molecule has 0 aliphatic heterocycles. The third-order valence-electron chi connectivity index (χ3n) is 1.82. The second-order valence-corrected chi connectivity index (χ2v) is 3.27. The lowest BCUT2D eigenvalue weighted by Crippen LogP contribution is -2.33. The van der Waals surface area contributed by atoms with Gasteiger partial charge < -0.3 is 0 Å². The number of nitrogens with zero attached hydrogens (tertiary/aromatic N) is 1. The summed E-state index contributed by atoms with van der Waals surface area (Å²) < 4.78 is 13.2. The molecule has 0 fully saturated rings. The molecule has 0 aliphatic rings. The lowest BCUT2D eigenvalue weighted by Gasteiger charge is -2.19. The Bertz CT molecular complexity index is 273.